The van der Waals surface area contributed by atoms with E-state index in [1.165, 1.54) is 25.2 Å². The third-order valence-electron chi connectivity index (χ3n) is 10.5. The van der Waals surface area contributed by atoms with Gasteiger partial charge in [-0.15, -0.1) is 0 Å². The summed E-state index contributed by atoms with van der Waals surface area (Å²) in [7, 11) is 5.99. The molecule has 52 heavy (non-hydrogen) atoms. The van der Waals surface area contributed by atoms with Crippen molar-refractivity contribution in [1.29, 1.82) is 0 Å². The molecule has 0 saturated carbocycles. The Balaban J connectivity index is 1.40. The van der Waals surface area contributed by atoms with E-state index in [0.717, 1.165) is 11.1 Å². The Hall–Kier alpha value is -5.50. The number of ether oxygens (including phenoxy) is 2. The fourth-order valence-electron chi connectivity index (χ4n) is 8.05. The molecule has 5 atom stereocenters. The smallest absolute Gasteiger partial charge is 0.323 e. The van der Waals surface area contributed by atoms with Gasteiger partial charge >= 0.3 is 5.97 Å². The zero-order valence-corrected chi connectivity index (χ0v) is 29.2. The van der Waals surface area contributed by atoms with Gasteiger partial charge in [0.05, 0.1) is 25.8 Å². The van der Waals surface area contributed by atoms with Gasteiger partial charge in [0.1, 0.15) is 34.6 Å². The zero-order chi connectivity index (χ0) is 37.6. The second-order valence-electron chi connectivity index (χ2n) is 13.6. The zero-order valence-electron chi connectivity index (χ0n) is 29.2. The van der Waals surface area contributed by atoms with Crippen molar-refractivity contribution in [1.82, 2.24) is 10.2 Å². The van der Waals surface area contributed by atoms with E-state index < -0.39 is 70.1 Å². The van der Waals surface area contributed by atoms with Gasteiger partial charge in [0.25, 0.3) is 5.91 Å². The number of nitrogens with zero attached hydrogens (tertiary/aromatic N) is 1. The molecular weight excluding hydrogens is 670 g/mol. The number of primary amides is 1. The monoisotopic (exact) mass is 711 g/mol. The molecule has 272 valence electrons. The van der Waals surface area contributed by atoms with E-state index in [1.807, 2.05) is 42.5 Å². The Morgan fingerprint density at radius 1 is 1.00 bits per heavy atom. The number of rotatable bonds is 10. The number of phenols is 1. The van der Waals surface area contributed by atoms with Crippen molar-refractivity contribution in [3.63, 3.8) is 0 Å². The molecule has 3 aliphatic rings. The lowest BCUT2D eigenvalue weighted by Crippen LogP contribution is -2.63. The number of nitrogens with one attached hydrogen (secondary N) is 1. The number of benzene rings is 3. The van der Waals surface area contributed by atoms with Crippen molar-refractivity contribution in [2.24, 2.45) is 17.6 Å². The number of Topliss-reactive ketones (excluding diaryl/α,β-unsaturated/α-hetero) is 2. The van der Waals surface area contributed by atoms with Crippen LogP contribution in [-0.4, -0.2) is 94.8 Å². The summed E-state index contributed by atoms with van der Waals surface area (Å²) < 4.78 is 10.8. The van der Waals surface area contributed by atoms with Crippen LogP contribution in [0.5, 0.6) is 11.5 Å². The minimum absolute atomic E-state index is 0.0434. The maximum atomic E-state index is 14.3. The molecular formula is C39H41N3O10. The van der Waals surface area contributed by atoms with Gasteiger partial charge in [-0.3, -0.25) is 24.1 Å². The van der Waals surface area contributed by atoms with E-state index in [0.29, 0.717) is 28.9 Å². The number of allylic oxidation sites excluding steroid dienone is 1. The number of hydrogen-bond acceptors (Lipinski definition) is 12. The average molecular weight is 712 g/mol. The van der Waals surface area contributed by atoms with E-state index in [1.54, 1.807) is 26.2 Å². The number of amides is 1. The van der Waals surface area contributed by atoms with Crippen LogP contribution in [0, 0.1) is 11.8 Å². The van der Waals surface area contributed by atoms with Gasteiger partial charge in [0.15, 0.2) is 11.4 Å². The van der Waals surface area contributed by atoms with Crippen molar-refractivity contribution < 1.29 is 49.1 Å². The summed E-state index contributed by atoms with van der Waals surface area (Å²) in [5, 5.41) is 48.9. The van der Waals surface area contributed by atoms with Gasteiger partial charge in [-0.05, 0) is 79.7 Å². The van der Waals surface area contributed by atoms with Crippen LogP contribution < -0.4 is 15.8 Å². The molecule has 13 heteroatoms. The summed E-state index contributed by atoms with van der Waals surface area (Å²) in [6.45, 7) is 0.275. The molecule has 0 bridgehead atoms. The highest BCUT2D eigenvalue weighted by molar-refractivity contribution is 6.25. The van der Waals surface area contributed by atoms with Crippen molar-refractivity contribution in [3.8, 4) is 22.6 Å². The lowest BCUT2D eigenvalue weighted by atomic mass is 9.58. The Morgan fingerprint density at radius 2 is 1.71 bits per heavy atom. The Kier molecular flexibility index (Phi) is 9.71. The first-order chi connectivity index (χ1) is 24.7. The highest BCUT2D eigenvalue weighted by atomic mass is 16.5. The molecule has 6 rings (SSSR count). The molecule has 5 unspecified atom stereocenters. The second-order valence-corrected chi connectivity index (χ2v) is 13.6. The number of esters is 1. The predicted octanol–water partition coefficient (Wildman–Crippen LogP) is 2.67. The fourth-order valence-corrected chi connectivity index (χ4v) is 8.05. The lowest BCUT2D eigenvalue weighted by molar-refractivity contribution is -0.148. The summed E-state index contributed by atoms with van der Waals surface area (Å²) in [6.07, 6.45) is 0.464. The normalized spacial score (nSPS) is 23.2. The third kappa shape index (κ3) is 5.90. The first kappa shape index (κ1) is 36.3. The number of phenolic OH excluding ortho intramolecular Hbond substituents is 1. The van der Waals surface area contributed by atoms with Gasteiger partial charge < -0.3 is 41.0 Å². The van der Waals surface area contributed by atoms with Crippen LogP contribution in [0.15, 0.2) is 83.3 Å². The van der Waals surface area contributed by atoms with Gasteiger partial charge in [0.2, 0.25) is 5.78 Å². The molecule has 3 aromatic carbocycles. The summed E-state index contributed by atoms with van der Waals surface area (Å²) in [6, 6.07) is 16.3. The number of likely N-dealkylation sites (N-methyl/N-ethyl adjacent to an activating group) is 1. The molecule has 0 aromatic heterocycles. The number of fused-ring (bicyclic) bond motifs is 3. The van der Waals surface area contributed by atoms with Crippen LogP contribution in [0.3, 0.4) is 0 Å². The third-order valence-corrected chi connectivity index (χ3v) is 10.5. The van der Waals surface area contributed by atoms with E-state index in [9.17, 15) is 39.6 Å². The number of carbonyl (C=O) groups is 4. The largest absolute Gasteiger partial charge is 0.510 e. The van der Waals surface area contributed by atoms with Crippen LogP contribution in [0.2, 0.25) is 0 Å². The maximum Gasteiger partial charge on any atom is 0.323 e. The van der Waals surface area contributed by atoms with E-state index in [-0.39, 0.29) is 36.3 Å². The van der Waals surface area contributed by atoms with E-state index in [2.05, 4.69) is 5.32 Å². The summed E-state index contributed by atoms with van der Waals surface area (Å²) >= 11 is 0. The standard InChI is InChI=1S/C39H41N3O10/c1-42(2)32-25-17-21-16-24-22(11-12-27(43)30(24)33(44)29(21)35(46)39(25,50)36(47)31(34(32)45)37(40)48)23-14-20(10-13-28(23)51-3)18-41-26(38(49)52-4)15-19-8-6-5-7-9-19/h5-14,21,25-26,32,41,43,45-46,50H,15-18H2,1-4H3,(H2,40,48). The summed E-state index contributed by atoms with van der Waals surface area (Å²) in [5.74, 6) is -7.15. The van der Waals surface area contributed by atoms with Crippen molar-refractivity contribution >= 4 is 23.4 Å². The van der Waals surface area contributed by atoms with Gasteiger partial charge in [-0.2, -0.15) is 0 Å². The van der Waals surface area contributed by atoms with Crippen LogP contribution in [0.4, 0.5) is 0 Å². The van der Waals surface area contributed by atoms with Gasteiger partial charge in [-0.1, -0.05) is 42.5 Å². The molecule has 0 fully saturated rings. The number of ketones is 2. The fraction of sp³-hybridized carbons (Fsp3) is 0.333. The minimum Gasteiger partial charge on any atom is -0.510 e. The number of hydrogen-bond donors (Lipinski definition) is 6. The van der Waals surface area contributed by atoms with Crippen LogP contribution in [-0.2, 0) is 38.5 Å². The number of aliphatic hydroxyl groups excluding tert-OH is 2. The molecule has 0 aliphatic heterocycles. The van der Waals surface area contributed by atoms with E-state index >= 15 is 0 Å². The number of aliphatic hydroxyl groups is 3. The second kappa shape index (κ2) is 13.9. The molecule has 3 aliphatic carbocycles. The number of nitrogens with two attached hydrogens (primary N) is 1. The molecule has 1 amide bonds. The lowest BCUT2D eigenvalue weighted by Gasteiger charge is -2.50. The van der Waals surface area contributed by atoms with Crippen molar-refractivity contribution in [2.75, 3.05) is 28.3 Å². The first-order valence-electron chi connectivity index (χ1n) is 16.8. The van der Waals surface area contributed by atoms with E-state index in [4.69, 9.17) is 15.2 Å². The minimum atomic E-state index is -2.73. The van der Waals surface area contributed by atoms with Gasteiger partial charge in [0, 0.05) is 23.6 Å². The molecule has 0 radical (unpaired) electrons. The molecule has 0 heterocycles. The maximum absolute atomic E-state index is 14.3. The average Bonchev–Trinajstić information content (AvgIpc) is 3.11. The Labute approximate surface area is 300 Å². The molecule has 0 saturated heterocycles. The summed E-state index contributed by atoms with van der Waals surface area (Å²) in [5.41, 5.74) is 4.83. The van der Waals surface area contributed by atoms with Gasteiger partial charge in [-0.25, -0.2) is 0 Å². The van der Waals surface area contributed by atoms with Crippen molar-refractivity contribution in [3.05, 3.63) is 106 Å². The highest BCUT2D eigenvalue weighted by Crippen LogP contribution is 2.53. The van der Waals surface area contributed by atoms with Crippen LogP contribution >= 0.6 is 0 Å². The van der Waals surface area contributed by atoms with Crippen LogP contribution in [0.25, 0.3) is 11.1 Å². The predicted molar refractivity (Wildman–Crippen MR) is 188 cm³/mol. The van der Waals surface area contributed by atoms with Crippen molar-refractivity contribution in [2.45, 2.75) is 43.5 Å². The molecule has 13 nitrogen and oxygen atoms in total. The molecule has 3 aromatic rings. The molecule has 7 N–H and O–H groups in total. The SMILES string of the molecule is COC(=O)C(Cc1ccccc1)NCc1ccc(OC)c(-c2ccc(O)c3c2CC2CC4C(N(C)C)C(O)=C(C(N)=O)C(=O)C4(O)C(O)=C2C3=O)c1. The summed E-state index contributed by atoms with van der Waals surface area (Å²) in [4.78, 5) is 54.3. The topological polar surface area (TPSA) is 209 Å². The quantitative estimate of drug-likeness (QED) is 0.133. The Bertz CT molecular complexity index is 2040. The number of methoxy groups -OCH3 is 2. The number of carbonyl (C=O) groups excluding carboxylic acids is 4. The van der Waals surface area contributed by atoms with Crippen LogP contribution in [0.1, 0.15) is 33.5 Å². The molecule has 0 spiro atoms. The Morgan fingerprint density at radius 3 is 2.35 bits per heavy atom. The first-order valence-corrected chi connectivity index (χ1v) is 16.8. The number of aromatic hydroxyl groups is 1. The highest BCUT2D eigenvalue weighted by Gasteiger charge is 2.63.